The number of hydrogen-bond donors (Lipinski definition) is 1. The lowest BCUT2D eigenvalue weighted by Gasteiger charge is -2.31. The van der Waals surface area contributed by atoms with E-state index >= 15 is 0 Å². The zero-order chi connectivity index (χ0) is 22.5. The SMILES string of the molecule is CCC(C(=O)NC(C)c1cc(OC)ccc1OC)N(c1ccc(Cl)cc1)S(C)(=O)=O. The van der Waals surface area contributed by atoms with E-state index in [2.05, 4.69) is 5.32 Å². The lowest BCUT2D eigenvalue weighted by molar-refractivity contribution is -0.122. The molecule has 0 saturated heterocycles. The standard InChI is InChI=1S/C21H27ClN2O5S/c1-6-19(24(30(5,26)27)16-9-7-15(22)8-10-16)21(25)23-14(2)18-13-17(28-3)11-12-20(18)29-4/h7-14,19H,6H2,1-5H3,(H,23,25). The Hall–Kier alpha value is -2.45. The van der Waals surface area contributed by atoms with Crippen LogP contribution in [0.4, 0.5) is 5.69 Å². The normalized spacial score (nSPS) is 13.3. The second-order valence-electron chi connectivity index (χ2n) is 6.80. The van der Waals surface area contributed by atoms with Crippen molar-refractivity contribution in [2.45, 2.75) is 32.4 Å². The van der Waals surface area contributed by atoms with E-state index in [1.165, 1.54) is 0 Å². The summed E-state index contributed by atoms with van der Waals surface area (Å²) in [5, 5.41) is 3.38. The largest absolute Gasteiger partial charge is 0.497 e. The van der Waals surface area contributed by atoms with Gasteiger partial charge in [0, 0.05) is 10.6 Å². The fourth-order valence-corrected chi connectivity index (χ4v) is 4.55. The van der Waals surface area contributed by atoms with Crippen LogP contribution < -0.4 is 19.1 Å². The van der Waals surface area contributed by atoms with Crippen molar-refractivity contribution in [3.05, 3.63) is 53.1 Å². The van der Waals surface area contributed by atoms with Gasteiger partial charge in [0.25, 0.3) is 0 Å². The monoisotopic (exact) mass is 454 g/mol. The summed E-state index contributed by atoms with van der Waals surface area (Å²) in [5.74, 6) is 0.794. The van der Waals surface area contributed by atoms with Gasteiger partial charge >= 0.3 is 0 Å². The zero-order valence-corrected chi connectivity index (χ0v) is 19.3. The van der Waals surface area contributed by atoms with E-state index in [1.54, 1.807) is 70.5 Å². The summed E-state index contributed by atoms with van der Waals surface area (Å²) in [5.41, 5.74) is 1.09. The Labute approximate surface area is 183 Å². The molecule has 1 N–H and O–H groups in total. The van der Waals surface area contributed by atoms with E-state index in [0.717, 1.165) is 16.1 Å². The molecule has 2 rings (SSSR count). The minimum Gasteiger partial charge on any atom is -0.497 e. The molecule has 0 radical (unpaired) electrons. The van der Waals surface area contributed by atoms with Crippen molar-refractivity contribution in [2.75, 3.05) is 24.8 Å². The Morgan fingerprint density at radius 3 is 2.27 bits per heavy atom. The van der Waals surface area contributed by atoms with Gasteiger partial charge in [-0.2, -0.15) is 0 Å². The first kappa shape index (κ1) is 23.8. The van der Waals surface area contributed by atoms with Crippen LogP contribution in [0.25, 0.3) is 0 Å². The number of methoxy groups -OCH3 is 2. The van der Waals surface area contributed by atoms with Crippen molar-refractivity contribution in [2.24, 2.45) is 0 Å². The molecule has 0 aliphatic heterocycles. The van der Waals surface area contributed by atoms with E-state index in [9.17, 15) is 13.2 Å². The topological polar surface area (TPSA) is 84.9 Å². The van der Waals surface area contributed by atoms with Crippen LogP contribution in [0.15, 0.2) is 42.5 Å². The molecule has 1 amide bonds. The van der Waals surface area contributed by atoms with Crippen LogP contribution in [-0.4, -0.2) is 40.8 Å². The number of amides is 1. The summed E-state index contributed by atoms with van der Waals surface area (Å²) in [6, 6.07) is 10.2. The van der Waals surface area contributed by atoms with Gasteiger partial charge in [0.1, 0.15) is 17.5 Å². The number of anilines is 1. The van der Waals surface area contributed by atoms with Gasteiger partial charge < -0.3 is 14.8 Å². The second-order valence-corrected chi connectivity index (χ2v) is 9.09. The number of carbonyl (C=O) groups is 1. The maximum atomic E-state index is 13.1. The summed E-state index contributed by atoms with van der Waals surface area (Å²) in [7, 11) is -0.630. The molecular weight excluding hydrogens is 428 g/mol. The molecule has 0 aliphatic carbocycles. The molecule has 0 aliphatic rings. The van der Waals surface area contributed by atoms with E-state index in [0.29, 0.717) is 22.2 Å². The summed E-state index contributed by atoms with van der Waals surface area (Å²) >= 11 is 5.93. The van der Waals surface area contributed by atoms with Gasteiger partial charge in [-0.05, 0) is 55.8 Å². The van der Waals surface area contributed by atoms with Gasteiger partial charge in [0.05, 0.1) is 32.2 Å². The fourth-order valence-electron chi connectivity index (χ4n) is 3.21. The molecule has 164 valence electrons. The fraction of sp³-hybridized carbons (Fsp3) is 0.381. The van der Waals surface area contributed by atoms with Crippen LogP contribution >= 0.6 is 11.6 Å². The second kappa shape index (κ2) is 10.0. The number of ether oxygens (including phenoxy) is 2. The number of rotatable bonds is 9. The first-order chi connectivity index (χ1) is 14.1. The van der Waals surface area contributed by atoms with Crippen LogP contribution in [0.2, 0.25) is 5.02 Å². The molecule has 0 spiro atoms. The van der Waals surface area contributed by atoms with E-state index in [4.69, 9.17) is 21.1 Å². The van der Waals surface area contributed by atoms with Gasteiger partial charge in [-0.25, -0.2) is 8.42 Å². The minimum atomic E-state index is -3.73. The highest BCUT2D eigenvalue weighted by Gasteiger charge is 2.32. The van der Waals surface area contributed by atoms with E-state index in [-0.39, 0.29) is 6.42 Å². The number of carbonyl (C=O) groups excluding carboxylic acids is 1. The van der Waals surface area contributed by atoms with Crippen LogP contribution in [0.5, 0.6) is 11.5 Å². The molecule has 0 bridgehead atoms. The molecule has 0 saturated carbocycles. The van der Waals surface area contributed by atoms with Crippen molar-refractivity contribution in [1.29, 1.82) is 0 Å². The molecule has 0 fully saturated rings. The maximum absolute atomic E-state index is 13.1. The van der Waals surface area contributed by atoms with E-state index < -0.39 is 28.0 Å². The molecule has 2 unspecified atom stereocenters. The average Bonchev–Trinajstić information content (AvgIpc) is 2.71. The smallest absolute Gasteiger partial charge is 0.244 e. The third-order valence-corrected chi connectivity index (χ3v) is 6.10. The third-order valence-electron chi connectivity index (χ3n) is 4.67. The minimum absolute atomic E-state index is 0.281. The molecule has 2 aromatic carbocycles. The first-order valence-electron chi connectivity index (χ1n) is 9.39. The third kappa shape index (κ3) is 5.58. The van der Waals surface area contributed by atoms with Gasteiger partial charge in [0.2, 0.25) is 15.9 Å². The number of benzene rings is 2. The molecule has 2 aromatic rings. The van der Waals surface area contributed by atoms with Crippen LogP contribution in [0.3, 0.4) is 0 Å². The summed E-state index contributed by atoms with van der Waals surface area (Å²) in [4.78, 5) is 13.1. The Bertz CT molecular complexity index is 979. The van der Waals surface area contributed by atoms with Crippen molar-refractivity contribution in [3.8, 4) is 11.5 Å². The van der Waals surface area contributed by atoms with Gasteiger partial charge in [-0.3, -0.25) is 9.10 Å². The molecule has 0 aromatic heterocycles. The number of halogens is 1. The predicted molar refractivity (Wildman–Crippen MR) is 119 cm³/mol. The molecule has 2 atom stereocenters. The Balaban J connectivity index is 2.35. The van der Waals surface area contributed by atoms with Gasteiger partial charge in [-0.15, -0.1) is 0 Å². The summed E-state index contributed by atoms with van der Waals surface area (Å²) in [6.45, 7) is 3.56. The Morgan fingerprint density at radius 1 is 1.13 bits per heavy atom. The van der Waals surface area contributed by atoms with Crippen LogP contribution in [0.1, 0.15) is 31.9 Å². The van der Waals surface area contributed by atoms with Crippen molar-refractivity contribution >= 4 is 33.2 Å². The average molecular weight is 455 g/mol. The quantitative estimate of drug-likeness (QED) is 0.623. The lowest BCUT2D eigenvalue weighted by atomic mass is 10.1. The summed E-state index contributed by atoms with van der Waals surface area (Å²) < 4.78 is 36.8. The zero-order valence-electron chi connectivity index (χ0n) is 17.7. The van der Waals surface area contributed by atoms with Crippen LogP contribution in [-0.2, 0) is 14.8 Å². The van der Waals surface area contributed by atoms with Crippen molar-refractivity contribution < 1.29 is 22.7 Å². The molecule has 9 heteroatoms. The Kier molecular flexibility index (Phi) is 7.97. The summed E-state index contributed by atoms with van der Waals surface area (Å²) in [6.07, 6.45) is 1.36. The van der Waals surface area contributed by atoms with Gasteiger partial charge in [0.15, 0.2) is 0 Å². The highest BCUT2D eigenvalue weighted by molar-refractivity contribution is 7.92. The lowest BCUT2D eigenvalue weighted by Crippen LogP contribution is -2.49. The van der Waals surface area contributed by atoms with Crippen molar-refractivity contribution in [1.82, 2.24) is 5.32 Å². The van der Waals surface area contributed by atoms with Crippen molar-refractivity contribution in [3.63, 3.8) is 0 Å². The first-order valence-corrected chi connectivity index (χ1v) is 11.6. The van der Waals surface area contributed by atoms with E-state index in [1.807, 2.05) is 0 Å². The molecule has 30 heavy (non-hydrogen) atoms. The highest BCUT2D eigenvalue weighted by Crippen LogP contribution is 2.30. The number of nitrogens with one attached hydrogen (secondary N) is 1. The number of sulfonamides is 1. The number of hydrogen-bond acceptors (Lipinski definition) is 5. The Morgan fingerprint density at radius 2 is 1.77 bits per heavy atom. The van der Waals surface area contributed by atoms with Gasteiger partial charge in [-0.1, -0.05) is 18.5 Å². The highest BCUT2D eigenvalue weighted by atomic mass is 35.5. The molecule has 7 nitrogen and oxygen atoms in total. The molecular formula is C21H27ClN2O5S. The number of nitrogens with zero attached hydrogens (tertiary/aromatic N) is 1. The predicted octanol–water partition coefficient (Wildman–Crippen LogP) is 3.78. The molecule has 0 heterocycles. The maximum Gasteiger partial charge on any atom is 0.244 e. The van der Waals surface area contributed by atoms with Crippen LogP contribution in [0, 0.1) is 0 Å².